The average molecular weight is 336 g/mol. The van der Waals surface area contributed by atoms with Gasteiger partial charge in [-0.25, -0.2) is 13.6 Å². The normalized spacial score (nSPS) is 19.5. The largest absolute Gasteiger partial charge is 0.465 e. The Bertz CT molecular complexity index is 771. The van der Waals surface area contributed by atoms with Crippen LogP contribution in [-0.4, -0.2) is 39.5 Å². The van der Waals surface area contributed by atoms with Gasteiger partial charge in [0.1, 0.15) is 11.6 Å². The van der Waals surface area contributed by atoms with Crippen LogP contribution >= 0.6 is 0 Å². The number of nitrogens with zero attached hydrogens (tertiary/aromatic N) is 2. The van der Waals surface area contributed by atoms with Crippen LogP contribution in [0.2, 0.25) is 0 Å². The van der Waals surface area contributed by atoms with E-state index in [-0.39, 0.29) is 18.5 Å². The molecule has 1 aromatic carbocycles. The van der Waals surface area contributed by atoms with Gasteiger partial charge >= 0.3 is 6.09 Å². The van der Waals surface area contributed by atoms with Crippen molar-refractivity contribution in [3.8, 4) is 0 Å². The molecular weight excluding hydrogens is 318 g/mol. The highest BCUT2D eigenvalue weighted by atomic mass is 19.1. The van der Waals surface area contributed by atoms with Crippen molar-refractivity contribution in [1.29, 1.82) is 0 Å². The number of hydrogen-bond acceptors (Lipinski definition) is 3. The quantitative estimate of drug-likeness (QED) is 0.869. The molecule has 2 aliphatic rings. The molecule has 7 heteroatoms. The maximum Gasteiger partial charge on any atom is 0.411 e. The van der Waals surface area contributed by atoms with Crippen LogP contribution in [0.1, 0.15) is 19.4 Å². The Balaban J connectivity index is 1.97. The van der Waals surface area contributed by atoms with E-state index in [0.29, 0.717) is 17.9 Å². The minimum atomic E-state index is -1.07. The van der Waals surface area contributed by atoms with Crippen LogP contribution in [0.3, 0.4) is 0 Å². The van der Waals surface area contributed by atoms with Crippen molar-refractivity contribution in [2.75, 3.05) is 13.1 Å². The highest BCUT2D eigenvalue weighted by Crippen LogP contribution is 2.42. The van der Waals surface area contributed by atoms with Crippen molar-refractivity contribution >= 4 is 6.09 Å². The number of amides is 1. The van der Waals surface area contributed by atoms with Crippen LogP contribution in [0.4, 0.5) is 13.6 Å². The molecule has 0 unspecified atom stereocenters. The minimum Gasteiger partial charge on any atom is -0.465 e. The molecular formula is C17H18F2N2O3. The molecule has 2 aliphatic heterocycles. The number of hydrogen-bond donors (Lipinski definition) is 2. The van der Waals surface area contributed by atoms with Crippen LogP contribution < -0.4 is 0 Å². The number of carbonyl (C=O) groups is 1. The molecule has 5 nitrogen and oxygen atoms in total. The third-order valence-electron chi connectivity index (χ3n) is 4.53. The summed E-state index contributed by atoms with van der Waals surface area (Å²) in [5, 5.41) is 20.6. The van der Waals surface area contributed by atoms with Gasteiger partial charge in [0.2, 0.25) is 0 Å². The second-order valence-corrected chi connectivity index (χ2v) is 6.72. The number of rotatable bonds is 2. The molecule has 24 heavy (non-hydrogen) atoms. The fraction of sp³-hybridized carbons (Fsp3) is 0.353. The second kappa shape index (κ2) is 5.59. The zero-order chi connectivity index (χ0) is 17.6. The fourth-order valence-corrected chi connectivity index (χ4v) is 3.20. The number of halogens is 2. The third kappa shape index (κ3) is 2.75. The van der Waals surface area contributed by atoms with Crippen molar-refractivity contribution in [3.63, 3.8) is 0 Å². The Kier molecular flexibility index (Phi) is 3.83. The second-order valence-electron chi connectivity index (χ2n) is 6.72. The molecule has 0 fully saturated rings. The maximum absolute atomic E-state index is 13.8. The molecule has 3 rings (SSSR count). The zero-order valence-corrected chi connectivity index (χ0v) is 13.4. The Morgan fingerprint density at radius 3 is 2.67 bits per heavy atom. The summed E-state index contributed by atoms with van der Waals surface area (Å²) >= 11 is 0. The van der Waals surface area contributed by atoms with E-state index in [1.807, 2.05) is 13.8 Å². The molecule has 0 aliphatic carbocycles. The molecule has 1 aromatic rings. The molecule has 0 atom stereocenters. The molecule has 0 radical (unpaired) electrons. The van der Waals surface area contributed by atoms with E-state index in [0.717, 1.165) is 22.8 Å². The molecule has 0 aromatic heterocycles. The van der Waals surface area contributed by atoms with Gasteiger partial charge in [0, 0.05) is 30.1 Å². The average Bonchev–Trinajstić information content (AvgIpc) is 2.74. The van der Waals surface area contributed by atoms with Gasteiger partial charge in [-0.05, 0) is 23.3 Å². The summed E-state index contributed by atoms with van der Waals surface area (Å²) in [6.45, 7) is 4.28. The highest BCUT2D eigenvalue weighted by molar-refractivity contribution is 5.71. The van der Waals surface area contributed by atoms with E-state index in [9.17, 15) is 23.9 Å². The Hall–Kier alpha value is -2.41. The predicted octanol–water partition coefficient (Wildman–Crippen LogP) is 3.37. The Morgan fingerprint density at radius 2 is 2.04 bits per heavy atom. The molecule has 2 heterocycles. The number of allylic oxidation sites excluding steroid dienone is 2. The molecule has 0 spiro atoms. The predicted molar refractivity (Wildman–Crippen MR) is 82.2 cm³/mol. The summed E-state index contributed by atoms with van der Waals surface area (Å²) in [5.74, 6) is -1.37. The number of carboxylic acid groups (broad SMARTS) is 1. The van der Waals surface area contributed by atoms with Gasteiger partial charge in [0.25, 0.3) is 0 Å². The van der Waals surface area contributed by atoms with E-state index < -0.39 is 23.1 Å². The van der Waals surface area contributed by atoms with Gasteiger partial charge in [-0.15, -0.1) is 0 Å². The first-order valence-corrected chi connectivity index (χ1v) is 7.54. The smallest absolute Gasteiger partial charge is 0.411 e. The van der Waals surface area contributed by atoms with Crippen molar-refractivity contribution in [2.24, 2.45) is 5.41 Å². The molecule has 2 N–H and O–H groups in total. The first-order valence-electron chi connectivity index (χ1n) is 7.54. The van der Waals surface area contributed by atoms with Gasteiger partial charge in [0.05, 0.1) is 12.2 Å². The lowest BCUT2D eigenvalue weighted by atomic mass is 9.84. The van der Waals surface area contributed by atoms with Gasteiger partial charge < -0.3 is 5.11 Å². The van der Waals surface area contributed by atoms with Crippen LogP contribution in [0.15, 0.2) is 41.2 Å². The first kappa shape index (κ1) is 16.4. The topological polar surface area (TPSA) is 64.0 Å². The maximum atomic E-state index is 13.8. The molecule has 0 saturated carbocycles. The first-order chi connectivity index (χ1) is 11.2. The van der Waals surface area contributed by atoms with Crippen molar-refractivity contribution in [1.82, 2.24) is 9.96 Å². The van der Waals surface area contributed by atoms with Crippen molar-refractivity contribution in [2.45, 2.75) is 20.3 Å². The lowest BCUT2D eigenvalue weighted by molar-refractivity contribution is -0.0531. The zero-order valence-electron chi connectivity index (χ0n) is 13.4. The minimum absolute atomic E-state index is 0.0350. The summed E-state index contributed by atoms with van der Waals surface area (Å²) in [7, 11) is 0. The van der Waals surface area contributed by atoms with Crippen molar-refractivity contribution < 1.29 is 23.9 Å². The van der Waals surface area contributed by atoms with E-state index in [1.54, 1.807) is 6.08 Å². The van der Waals surface area contributed by atoms with Crippen LogP contribution in [0.5, 0.6) is 0 Å². The molecule has 128 valence electrons. The van der Waals surface area contributed by atoms with Crippen LogP contribution in [0.25, 0.3) is 0 Å². The Morgan fingerprint density at radius 1 is 1.33 bits per heavy atom. The standard InChI is InChI=1S/C17H18F2N2O3/c1-17(2)9-20(16(22)23)15-7-12(21(24)8-13(15)17)5-10-3-4-11(18)6-14(10)19/h3-4,6-7,24H,5,8-9H2,1-2H3,(H,22,23). The van der Waals surface area contributed by atoms with E-state index in [1.165, 1.54) is 11.0 Å². The molecule has 0 saturated heterocycles. The van der Waals surface area contributed by atoms with Gasteiger partial charge in [-0.1, -0.05) is 19.9 Å². The summed E-state index contributed by atoms with van der Waals surface area (Å²) in [6.07, 6.45) is 0.528. The van der Waals surface area contributed by atoms with Gasteiger partial charge in [-0.2, -0.15) is 0 Å². The number of hydroxylamine groups is 2. The highest BCUT2D eigenvalue weighted by Gasteiger charge is 2.42. The Labute approximate surface area is 138 Å². The number of benzene rings is 1. The lowest BCUT2D eigenvalue weighted by Crippen LogP contribution is -2.30. The molecule has 0 bridgehead atoms. The van der Waals surface area contributed by atoms with Crippen LogP contribution in [-0.2, 0) is 6.42 Å². The monoisotopic (exact) mass is 336 g/mol. The summed E-state index contributed by atoms with van der Waals surface area (Å²) in [4.78, 5) is 12.7. The third-order valence-corrected chi connectivity index (χ3v) is 4.53. The van der Waals surface area contributed by atoms with Crippen LogP contribution in [0, 0.1) is 17.0 Å². The fourth-order valence-electron chi connectivity index (χ4n) is 3.20. The van der Waals surface area contributed by atoms with E-state index in [2.05, 4.69) is 0 Å². The summed E-state index contributed by atoms with van der Waals surface area (Å²) in [6, 6.07) is 3.25. The van der Waals surface area contributed by atoms with Crippen molar-refractivity contribution in [3.05, 3.63) is 58.4 Å². The molecule has 1 amide bonds. The van der Waals surface area contributed by atoms with E-state index in [4.69, 9.17) is 0 Å². The van der Waals surface area contributed by atoms with E-state index >= 15 is 0 Å². The SMILES string of the molecule is CC1(C)CN(C(=O)O)C2=C1CN(O)C(Cc1ccc(F)cc1F)=C2. The van der Waals surface area contributed by atoms with Gasteiger partial charge in [-0.3, -0.25) is 15.2 Å². The lowest BCUT2D eigenvalue weighted by Gasteiger charge is -2.30. The summed E-state index contributed by atoms with van der Waals surface area (Å²) < 4.78 is 26.9. The van der Waals surface area contributed by atoms with Gasteiger partial charge in [0.15, 0.2) is 0 Å². The summed E-state index contributed by atoms with van der Waals surface area (Å²) in [5.41, 5.74) is 1.54.